The molecule has 5 heteroatoms. The molecule has 3 rings (SSSR count). The van der Waals surface area contributed by atoms with E-state index in [1.807, 2.05) is 0 Å². The average Bonchev–Trinajstić information content (AvgIpc) is 2.90. The Bertz CT molecular complexity index is 617. The lowest BCUT2D eigenvalue weighted by Gasteiger charge is -1.98. The number of amides is 1. The summed E-state index contributed by atoms with van der Waals surface area (Å²) in [5.74, 6) is -0.134. The summed E-state index contributed by atoms with van der Waals surface area (Å²) in [5.41, 5.74) is 2.88. The zero-order valence-electron chi connectivity index (χ0n) is 8.70. The molecular formula is C12H8ClN3O. The van der Waals surface area contributed by atoms with Crippen molar-refractivity contribution in [2.75, 3.05) is 5.32 Å². The summed E-state index contributed by atoms with van der Waals surface area (Å²) in [7, 11) is 0. The van der Waals surface area contributed by atoms with E-state index in [9.17, 15) is 4.79 Å². The van der Waals surface area contributed by atoms with Gasteiger partial charge in [-0.05, 0) is 24.3 Å². The molecule has 0 saturated carbocycles. The molecule has 0 spiro atoms. The monoisotopic (exact) mass is 245 g/mol. The van der Waals surface area contributed by atoms with Crippen LogP contribution in [0.3, 0.4) is 0 Å². The number of carbonyl (C=O) groups is 1. The second-order valence-corrected chi connectivity index (χ2v) is 4.13. The van der Waals surface area contributed by atoms with E-state index in [1.165, 1.54) is 0 Å². The van der Waals surface area contributed by atoms with Gasteiger partial charge in [0.15, 0.2) is 0 Å². The quantitative estimate of drug-likeness (QED) is 0.759. The normalized spacial score (nSPS) is 16.1. The highest BCUT2D eigenvalue weighted by molar-refractivity contribution is 6.36. The Morgan fingerprint density at radius 3 is 3.00 bits per heavy atom. The van der Waals surface area contributed by atoms with Crippen LogP contribution >= 0.6 is 11.6 Å². The number of nitrogens with zero attached hydrogens (tertiary/aromatic N) is 1. The minimum absolute atomic E-state index is 0.134. The number of carbonyl (C=O) groups excluding carboxylic acids is 1. The van der Waals surface area contributed by atoms with Crippen molar-refractivity contribution >= 4 is 34.8 Å². The number of benzene rings is 1. The Balaban J connectivity index is 2.13. The van der Waals surface area contributed by atoms with Gasteiger partial charge in [-0.25, -0.2) is 4.98 Å². The van der Waals surface area contributed by atoms with Crippen molar-refractivity contribution in [3.63, 3.8) is 0 Å². The van der Waals surface area contributed by atoms with Gasteiger partial charge in [-0.1, -0.05) is 11.6 Å². The number of anilines is 1. The second kappa shape index (κ2) is 3.75. The van der Waals surface area contributed by atoms with Gasteiger partial charge in [-0.15, -0.1) is 0 Å². The molecule has 2 aromatic rings. The van der Waals surface area contributed by atoms with E-state index in [4.69, 9.17) is 11.6 Å². The average molecular weight is 246 g/mol. The van der Waals surface area contributed by atoms with E-state index in [1.54, 1.807) is 36.8 Å². The van der Waals surface area contributed by atoms with Crippen LogP contribution in [0.5, 0.6) is 0 Å². The lowest BCUT2D eigenvalue weighted by molar-refractivity contribution is -0.110. The minimum Gasteiger partial charge on any atom is -0.351 e. The molecule has 2 N–H and O–H groups in total. The first kappa shape index (κ1) is 10.1. The van der Waals surface area contributed by atoms with E-state index in [0.717, 1.165) is 11.3 Å². The first-order chi connectivity index (χ1) is 8.24. The van der Waals surface area contributed by atoms with Gasteiger partial charge in [0.2, 0.25) is 0 Å². The fourth-order valence-electron chi connectivity index (χ4n) is 1.80. The number of fused-ring (bicyclic) bond motifs is 1. The van der Waals surface area contributed by atoms with E-state index in [0.29, 0.717) is 16.3 Å². The summed E-state index contributed by atoms with van der Waals surface area (Å²) < 4.78 is 0. The lowest BCUT2D eigenvalue weighted by Crippen LogP contribution is -2.03. The van der Waals surface area contributed by atoms with Gasteiger partial charge in [0, 0.05) is 22.5 Å². The molecule has 2 heterocycles. The third-order valence-corrected chi connectivity index (χ3v) is 2.81. The van der Waals surface area contributed by atoms with Gasteiger partial charge >= 0.3 is 0 Å². The van der Waals surface area contributed by atoms with Crippen molar-refractivity contribution in [2.45, 2.75) is 0 Å². The van der Waals surface area contributed by atoms with Crippen molar-refractivity contribution < 1.29 is 4.79 Å². The Kier molecular flexibility index (Phi) is 2.23. The summed E-state index contributed by atoms with van der Waals surface area (Å²) in [5, 5.41) is 3.39. The topological polar surface area (TPSA) is 57.8 Å². The molecule has 1 aromatic carbocycles. The highest BCUT2D eigenvalue weighted by Gasteiger charge is 2.24. The first-order valence-electron chi connectivity index (χ1n) is 5.06. The molecule has 0 unspecified atom stereocenters. The van der Waals surface area contributed by atoms with Crippen LogP contribution < -0.4 is 5.32 Å². The Morgan fingerprint density at radius 1 is 1.35 bits per heavy atom. The molecule has 1 amide bonds. The highest BCUT2D eigenvalue weighted by Crippen LogP contribution is 2.34. The van der Waals surface area contributed by atoms with E-state index in [-0.39, 0.29) is 5.91 Å². The standard InChI is InChI=1S/C12H8ClN3O/c13-7-1-2-11-9(3-7)10(12(17)16-11)4-8-5-14-6-15-8/h1-6H,(H,14,15)(H,16,17). The number of imidazole rings is 1. The van der Waals surface area contributed by atoms with Gasteiger partial charge in [0.25, 0.3) is 5.91 Å². The largest absolute Gasteiger partial charge is 0.351 e. The van der Waals surface area contributed by atoms with Crippen molar-refractivity contribution in [1.29, 1.82) is 0 Å². The Labute approximate surface area is 102 Å². The van der Waals surface area contributed by atoms with Gasteiger partial charge in [0.05, 0.1) is 17.6 Å². The van der Waals surface area contributed by atoms with Crippen LogP contribution in [0.4, 0.5) is 5.69 Å². The molecule has 0 aliphatic carbocycles. The molecule has 1 aromatic heterocycles. The fourth-order valence-corrected chi connectivity index (χ4v) is 1.97. The molecule has 0 radical (unpaired) electrons. The van der Waals surface area contributed by atoms with Crippen LogP contribution in [0.2, 0.25) is 5.02 Å². The fraction of sp³-hybridized carbons (Fsp3) is 0. The SMILES string of the molecule is O=C1Nc2ccc(Cl)cc2C1=Cc1c[nH]cn1. The van der Waals surface area contributed by atoms with Crippen molar-refractivity contribution in [3.8, 4) is 0 Å². The van der Waals surface area contributed by atoms with Crippen LogP contribution in [0.15, 0.2) is 30.7 Å². The zero-order valence-corrected chi connectivity index (χ0v) is 9.45. The summed E-state index contributed by atoms with van der Waals surface area (Å²) in [6.45, 7) is 0. The van der Waals surface area contributed by atoms with Gasteiger partial charge in [-0.3, -0.25) is 4.79 Å². The summed E-state index contributed by atoms with van der Waals surface area (Å²) >= 11 is 5.93. The summed E-state index contributed by atoms with van der Waals surface area (Å²) in [6.07, 6.45) is 5.02. The third kappa shape index (κ3) is 1.72. The predicted molar refractivity (Wildman–Crippen MR) is 66.5 cm³/mol. The Hall–Kier alpha value is -2.07. The molecule has 84 valence electrons. The number of halogens is 1. The van der Waals surface area contributed by atoms with Crippen LogP contribution in [-0.4, -0.2) is 15.9 Å². The number of aromatic amines is 1. The summed E-state index contributed by atoms with van der Waals surface area (Å²) in [4.78, 5) is 18.7. The minimum atomic E-state index is -0.134. The molecule has 1 aliphatic heterocycles. The number of hydrogen-bond donors (Lipinski definition) is 2. The maximum absolute atomic E-state index is 11.8. The number of rotatable bonds is 1. The van der Waals surface area contributed by atoms with Crippen molar-refractivity contribution in [2.24, 2.45) is 0 Å². The predicted octanol–water partition coefficient (Wildman–Crippen LogP) is 2.56. The zero-order chi connectivity index (χ0) is 11.8. The van der Waals surface area contributed by atoms with Crippen molar-refractivity contribution in [3.05, 3.63) is 47.0 Å². The van der Waals surface area contributed by atoms with Crippen LogP contribution in [0, 0.1) is 0 Å². The molecule has 0 bridgehead atoms. The smallest absolute Gasteiger partial charge is 0.256 e. The van der Waals surface area contributed by atoms with Crippen molar-refractivity contribution in [1.82, 2.24) is 9.97 Å². The number of hydrogen-bond acceptors (Lipinski definition) is 2. The Morgan fingerprint density at radius 2 is 2.24 bits per heavy atom. The van der Waals surface area contributed by atoms with Gasteiger partial charge in [0.1, 0.15) is 0 Å². The number of nitrogens with one attached hydrogen (secondary N) is 2. The third-order valence-electron chi connectivity index (χ3n) is 2.58. The van der Waals surface area contributed by atoms with Gasteiger partial charge in [-0.2, -0.15) is 0 Å². The first-order valence-corrected chi connectivity index (χ1v) is 5.43. The van der Waals surface area contributed by atoms with Crippen LogP contribution in [0.25, 0.3) is 11.6 Å². The molecule has 1 aliphatic rings. The maximum atomic E-state index is 11.8. The molecule has 0 fully saturated rings. The molecule has 17 heavy (non-hydrogen) atoms. The van der Waals surface area contributed by atoms with E-state index < -0.39 is 0 Å². The molecular weight excluding hydrogens is 238 g/mol. The number of aromatic nitrogens is 2. The van der Waals surface area contributed by atoms with Crippen LogP contribution in [0.1, 0.15) is 11.3 Å². The lowest BCUT2D eigenvalue weighted by atomic mass is 10.1. The second-order valence-electron chi connectivity index (χ2n) is 3.70. The van der Waals surface area contributed by atoms with E-state index >= 15 is 0 Å². The van der Waals surface area contributed by atoms with E-state index in [2.05, 4.69) is 15.3 Å². The highest BCUT2D eigenvalue weighted by atomic mass is 35.5. The summed E-state index contributed by atoms with van der Waals surface area (Å²) in [6, 6.07) is 5.31. The van der Waals surface area contributed by atoms with Gasteiger partial charge < -0.3 is 10.3 Å². The number of H-pyrrole nitrogens is 1. The molecule has 0 atom stereocenters. The molecule has 0 saturated heterocycles. The maximum Gasteiger partial charge on any atom is 0.256 e. The van der Waals surface area contributed by atoms with Crippen LogP contribution in [-0.2, 0) is 4.79 Å². The molecule has 4 nitrogen and oxygen atoms in total.